The van der Waals surface area contributed by atoms with Gasteiger partial charge in [0.05, 0.1) is 27.2 Å². The van der Waals surface area contributed by atoms with Gasteiger partial charge < -0.3 is 14.8 Å². The SMILES string of the molecule is CCOc1cc(/C=C2\SC(=S)N(c3ccc(Cl)c(Cl)c3)C2=O)ccc1OCC(=O)Nc1ccc(C)c(C)c1. The van der Waals surface area contributed by atoms with Crippen LogP contribution in [0.1, 0.15) is 23.6 Å². The summed E-state index contributed by atoms with van der Waals surface area (Å²) in [5.74, 6) is 0.327. The minimum Gasteiger partial charge on any atom is -0.490 e. The second-order valence-electron chi connectivity index (χ2n) is 8.39. The highest BCUT2D eigenvalue weighted by Crippen LogP contribution is 2.39. The molecule has 38 heavy (non-hydrogen) atoms. The molecular weight excluding hydrogens is 563 g/mol. The van der Waals surface area contributed by atoms with E-state index in [4.69, 9.17) is 44.9 Å². The Labute approximate surface area is 240 Å². The van der Waals surface area contributed by atoms with Gasteiger partial charge in [-0.3, -0.25) is 14.5 Å². The molecule has 0 saturated carbocycles. The largest absolute Gasteiger partial charge is 0.490 e. The number of nitrogens with zero attached hydrogens (tertiary/aromatic N) is 1. The first-order valence-electron chi connectivity index (χ1n) is 11.7. The fraction of sp³-hybridized carbons (Fsp3) is 0.179. The van der Waals surface area contributed by atoms with Crippen molar-refractivity contribution in [2.75, 3.05) is 23.4 Å². The molecule has 3 aromatic rings. The van der Waals surface area contributed by atoms with Crippen LogP contribution >= 0.6 is 47.2 Å². The molecule has 2 amide bonds. The van der Waals surface area contributed by atoms with Gasteiger partial charge in [0.15, 0.2) is 22.4 Å². The molecule has 0 unspecified atom stereocenters. The van der Waals surface area contributed by atoms with Crippen molar-refractivity contribution >= 4 is 80.8 Å². The van der Waals surface area contributed by atoms with E-state index in [0.717, 1.165) is 16.7 Å². The predicted octanol–water partition coefficient (Wildman–Crippen LogP) is 7.43. The van der Waals surface area contributed by atoms with Crippen LogP contribution in [-0.2, 0) is 9.59 Å². The topological polar surface area (TPSA) is 67.9 Å². The van der Waals surface area contributed by atoms with E-state index < -0.39 is 0 Å². The maximum absolute atomic E-state index is 13.1. The second kappa shape index (κ2) is 12.2. The van der Waals surface area contributed by atoms with Gasteiger partial charge in [0, 0.05) is 5.69 Å². The number of amides is 2. The standard InChI is InChI=1S/C28H24Cl2N2O4S2/c1-4-35-24-12-18(6-10-23(24)36-15-26(33)31-19-7-5-16(2)17(3)11-19)13-25-27(34)32(28(37)38-25)20-8-9-21(29)22(30)14-20/h5-14H,4,15H2,1-3H3,(H,31,33)/b25-13-. The summed E-state index contributed by atoms with van der Waals surface area (Å²) < 4.78 is 11.9. The van der Waals surface area contributed by atoms with Crippen molar-refractivity contribution in [3.8, 4) is 11.5 Å². The highest BCUT2D eigenvalue weighted by Gasteiger charge is 2.33. The van der Waals surface area contributed by atoms with Crippen LogP contribution in [0.3, 0.4) is 0 Å². The highest BCUT2D eigenvalue weighted by atomic mass is 35.5. The van der Waals surface area contributed by atoms with E-state index in [0.29, 0.717) is 48.8 Å². The van der Waals surface area contributed by atoms with Gasteiger partial charge in [0.25, 0.3) is 11.8 Å². The maximum atomic E-state index is 13.1. The number of aryl methyl sites for hydroxylation is 2. The zero-order chi connectivity index (χ0) is 27.4. The number of halogens is 2. The molecule has 0 atom stereocenters. The van der Waals surface area contributed by atoms with Crippen LogP contribution in [0.15, 0.2) is 59.5 Å². The fourth-order valence-electron chi connectivity index (χ4n) is 3.63. The molecule has 4 rings (SSSR count). The van der Waals surface area contributed by atoms with Gasteiger partial charge in [-0.05, 0) is 86.0 Å². The van der Waals surface area contributed by atoms with Crippen LogP contribution in [0.2, 0.25) is 10.0 Å². The molecule has 0 radical (unpaired) electrons. The van der Waals surface area contributed by atoms with Gasteiger partial charge in [-0.1, -0.05) is 59.3 Å². The van der Waals surface area contributed by atoms with Crippen molar-refractivity contribution < 1.29 is 19.1 Å². The number of thiocarbonyl (C=S) groups is 1. The summed E-state index contributed by atoms with van der Waals surface area (Å²) in [7, 11) is 0. The first-order chi connectivity index (χ1) is 18.2. The monoisotopic (exact) mass is 586 g/mol. The summed E-state index contributed by atoms with van der Waals surface area (Å²) in [6.07, 6.45) is 1.73. The van der Waals surface area contributed by atoms with Crippen LogP contribution in [-0.4, -0.2) is 29.3 Å². The molecule has 196 valence electrons. The number of thioether (sulfide) groups is 1. The molecule has 3 aromatic carbocycles. The Morgan fingerprint density at radius 1 is 1.00 bits per heavy atom. The van der Waals surface area contributed by atoms with Crippen LogP contribution in [0.25, 0.3) is 6.08 Å². The molecule has 1 aliphatic rings. The average Bonchev–Trinajstić information content (AvgIpc) is 3.15. The molecule has 1 aliphatic heterocycles. The normalized spacial score (nSPS) is 14.2. The Kier molecular flexibility index (Phi) is 8.99. The fourth-order valence-corrected chi connectivity index (χ4v) is 5.22. The summed E-state index contributed by atoms with van der Waals surface area (Å²) in [5.41, 5.74) is 4.21. The lowest BCUT2D eigenvalue weighted by Gasteiger charge is -2.15. The zero-order valence-electron chi connectivity index (χ0n) is 20.8. The van der Waals surface area contributed by atoms with Gasteiger partial charge in [-0.25, -0.2) is 0 Å². The van der Waals surface area contributed by atoms with E-state index >= 15 is 0 Å². The number of carbonyl (C=O) groups excluding carboxylic acids is 2. The lowest BCUT2D eigenvalue weighted by Crippen LogP contribution is -2.27. The van der Waals surface area contributed by atoms with Crippen LogP contribution in [0.5, 0.6) is 11.5 Å². The van der Waals surface area contributed by atoms with Crippen molar-refractivity contribution in [2.45, 2.75) is 20.8 Å². The van der Waals surface area contributed by atoms with Gasteiger partial charge in [-0.2, -0.15) is 0 Å². The first kappa shape index (κ1) is 28.0. The summed E-state index contributed by atoms with van der Waals surface area (Å²) in [6, 6.07) is 15.9. The number of anilines is 2. The number of rotatable bonds is 8. The molecule has 0 aromatic heterocycles. The Bertz CT molecular complexity index is 1460. The number of carbonyl (C=O) groups is 2. The lowest BCUT2D eigenvalue weighted by atomic mass is 10.1. The van der Waals surface area contributed by atoms with E-state index in [1.54, 1.807) is 42.5 Å². The van der Waals surface area contributed by atoms with Gasteiger partial charge in [-0.15, -0.1) is 0 Å². The zero-order valence-corrected chi connectivity index (χ0v) is 24.0. The molecule has 1 saturated heterocycles. The van der Waals surface area contributed by atoms with E-state index in [1.807, 2.05) is 39.0 Å². The summed E-state index contributed by atoms with van der Waals surface area (Å²) in [6.45, 7) is 6.07. The van der Waals surface area contributed by atoms with Crippen molar-refractivity contribution in [1.82, 2.24) is 0 Å². The van der Waals surface area contributed by atoms with Crippen molar-refractivity contribution in [3.63, 3.8) is 0 Å². The summed E-state index contributed by atoms with van der Waals surface area (Å²) in [4.78, 5) is 27.4. The Hall–Kier alpha value is -3.04. The summed E-state index contributed by atoms with van der Waals surface area (Å²) in [5, 5.41) is 3.57. The maximum Gasteiger partial charge on any atom is 0.270 e. The van der Waals surface area contributed by atoms with Crippen molar-refractivity contribution in [2.24, 2.45) is 0 Å². The number of benzene rings is 3. The molecule has 0 bridgehead atoms. The Balaban J connectivity index is 1.48. The second-order valence-corrected chi connectivity index (χ2v) is 10.9. The van der Waals surface area contributed by atoms with Crippen LogP contribution in [0.4, 0.5) is 11.4 Å². The third-order valence-electron chi connectivity index (χ3n) is 5.67. The molecule has 0 aliphatic carbocycles. The number of hydrogen-bond acceptors (Lipinski definition) is 6. The molecule has 10 heteroatoms. The molecule has 1 heterocycles. The number of hydrogen-bond donors (Lipinski definition) is 1. The lowest BCUT2D eigenvalue weighted by molar-refractivity contribution is -0.118. The quantitative estimate of drug-likeness (QED) is 0.218. The van der Waals surface area contributed by atoms with Crippen LogP contribution < -0.4 is 19.7 Å². The molecule has 1 N–H and O–H groups in total. The van der Waals surface area contributed by atoms with Gasteiger partial charge in [0.1, 0.15) is 0 Å². The van der Waals surface area contributed by atoms with Crippen molar-refractivity contribution in [3.05, 3.63) is 86.2 Å². The van der Waals surface area contributed by atoms with Gasteiger partial charge >= 0.3 is 0 Å². The molecule has 1 fully saturated rings. The Morgan fingerprint density at radius 3 is 2.50 bits per heavy atom. The van der Waals surface area contributed by atoms with E-state index in [1.165, 1.54) is 16.7 Å². The summed E-state index contributed by atoms with van der Waals surface area (Å²) >= 11 is 18.8. The minimum atomic E-state index is -0.286. The average molecular weight is 588 g/mol. The number of nitrogens with one attached hydrogen (secondary N) is 1. The molecule has 0 spiro atoms. The van der Waals surface area contributed by atoms with Crippen LogP contribution in [0, 0.1) is 13.8 Å². The minimum absolute atomic E-state index is 0.186. The first-order valence-corrected chi connectivity index (χ1v) is 13.6. The van der Waals surface area contributed by atoms with E-state index in [-0.39, 0.29) is 18.4 Å². The molecular formula is C28H24Cl2N2O4S2. The highest BCUT2D eigenvalue weighted by molar-refractivity contribution is 8.27. The third kappa shape index (κ3) is 6.50. The third-order valence-corrected chi connectivity index (χ3v) is 7.71. The van der Waals surface area contributed by atoms with E-state index in [2.05, 4.69) is 5.32 Å². The van der Waals surface area contributed by atoms with E-state index in [9.17, 15) is 9.59 Å². The molecule has 6 nitrogen and oxygen atoms in total. The van der Waals surface area contributed by atoms with Gasteiger partial charge in [0.2, 0.25) is 0 Å². The van der Waals surface area contributed by atoms with Crippen molar-refractivity contribution in [1.29, 1.82) is 0 Å². The predicted molar refractivity (Wildman–Crippen MR) is 160 cm³/mol. The number of ether oxygens (including phenoxy) is 2. The smallest absolute Gasteiger partial charge is 0.270 e. The Morgan fingerprint density at radius 2 is 1.79 bits per heavy atom.